The molecule has 0 unspecified atom stereocenters. The van der Waals surface area contributed by atoms with Crippen LogP contribution in [0.15, 0.2) is 152 Å². The van der Waals surface area contributed by atoms with Crippen LogP contribution in [0, 0.1) is 23.6 Å². The highest BCUT2D eigenvalue weighted by molar-refractivity contribution is 6.10. The Balaban J connectivity index is 1.16. The Hall–Kier alpha value is -6.20. The zero-order valence-electron chi connectivity index (χ0n) is 39.3. The number of hydrogen-bond acceptors (Lipinski definition) is 2. The number of fused-ring (bicyclic) bond motifs is 4. The highest BCUT2D eigenvalue weighted by Gasteiger charge is 2.33. The number of imidazole rings is 1. The van der Waals surface area contributed by atoms with Crippen molar-refractivity contribution in [1.82, 2.24) is 14.1 Å². The zero-order chi connectivity index (χ0) is 44.6. The SMILES string of the molecule is [2H]C([2H])([2H])c1cccc2c1[n+](C1=CC(C(C)(C)C)=C[C@H](C(C)(C)C)C1)cn2-c1cccc(Oc2ccc3c4cc(-c5ccccc5)ccc4n(-c4cc(C(C)(C)C)ccn4)c3c2)c1. The van der Waals surface area contributed by atoms with E-state index in [4.69, 9.17) is 13.8 Å². The maximum absolute atomic E-state index is 8.62. The molecule has 5 aromatic carbocycles. The Kier molecular flexibility index (Phi) is 8.64. The van der Waals surface area contributed by atoms with Gasteiger partial charge in [-0.1, -0.05) is 123 Å². The number of ether oxygens (including phenoxy) is 1. The van der Waals surface area contributed by atoms with Crippen molar-refractivity contribution in [2.45, 2.75) is 81.0 Å². The van der Waals surface area contributed by atoms with Crippen molar-refractivity contribution in [3.05, 3.63) is 163 Å². The van der Waals surface area contributed by atoms with Crippen LogP contribution in [0.3, 0.4) is 0 Å². The van der Waals surface area contributed by atoms with Gasteiger partial charge in [0.05, 0.1) is 11.0 Å². The lowest BCUT2D eigenvalue weighted by Gasteiger charge is -2.34. The highest BCUT2D eigenvalue weighted by Crippen LogP contribution is 2.42. The summed E-state index contributed by atoms with van der Waals surface area (Å²) in [5, 5.41) is 2.24. The van der Waals surface area contributed by atoms with E-state index in [1.54, 1.807) is 6.07 Å². The summed E-state index contributed by atoms with van der Waals surface area (Å²) in [7, 11) is 0. The van der Waals surface area contributed by atoms with Gasteiger partial charge >= 0.3 is 0 Å². The van der Waals surface area contributed by atoms with E-state index in [1.165, 1.54) is 16.7 Å². The van der Waals surface area contributed by atoms with Crippen LogP contribution in [0.4, 0.5) is 0 Å². The predicted octanol–water partition coefficient (Wildman–Crippen LogP) is 14.4. The molecule has 8 aromatic rings. The molecule has 1 atom stereocenters. The van der Waals surface area contributed by atoms with Gasteiger partial charge in [-0.3, -0.25) is 4.57 Å². The molecule has 302 valence electrons. The Labute approximate surface area is 359 Å². The number of para-hydroxylation sites is 1. The van der Waals surface area contributed by atoms with Gasteiger partial charge in [0.1, 0.15) is 28.7 Å². The van der Waals surface area contributed by atoms with Gasteiger partial charge in [-0.2, -0.15) is 9.13 Å². The molecule has 0 spiro atoms. The smallest absolute Gasteiger partial charge is 0.254 e. The number of rotatable bonds is 6. The molecule has 9 rings (SSSR count). The molecule has 5 nitrogen and oxygen atoms in total. The molecule has 60 heavy (non-hydrogen) atoms. The lowest BCUT2D eigenvalue weighted by Crippen LogP contribution is -2.36. The Bertz CT molecular complexity index is 3110. The summed E-state index contributed by atoms with van der Waals surface area (Å²) in [6.45, 7) is 17.9. The summed E-state index contributed by atoms with van der Waals surface area (Å²) < 4.78 is 39.1. The third-order valence-corrected chi connectivity index (χ3v) is 12.2. The van der Waals surface area contributed by atoms with Crippen molar-refractivity contribution in [2.75, 3.05) is 0 Å². The van der Waals surface area contributed by atoms with Crippen LogP contribution in [0.25, 0.3) is 61.2 Å². The molecule has 0 fully saturated rings. The van der Waals surface area contributed by atoms with Crippen molar-refractivity contribution < 1.29 is 13.4 Å². The van der Waals surface area contributed by atoms with Crippen LogP contribution >= 0.6 is 0 Å². The summed E-state index contributed by atoms with van der Waals surface area (Å²) in [5.74, 6) is 2.48. The number of benzene rings is 5. The molecule has 0 amide bonds. The molecule has 0 radical (unpaired) electrons. The second-order valence-electron chi connectivity index (χ2n) is 19.6. The predicted molar refractivity (Wildman–Crippen MR) is 250 cm³/mol. The number of pyridine rings is 1. The van der Waals surface area contributed by atoms with E-state index in [0.29, 0.717) is 22.6 Å². The average molecular weight is 793 g/mol. The van der Waals surface area contributed by atoms with Crippen LogP contribution in [-0.4, -0.2) is 14.1 Å². The van der Waals surface area contributed by atoms with E-state index in [9.17, 15) is 0 Å². The molecule has 0 saturated heterocycles. The monoisotopic (exact) mass is 792 g/mol. The lowest BCUT2D eigenvalue weighted by atomic mass is 9.71. The minimum atomic E-state index is -2.31. The number of aromatic nitrogens is 4. The second-order valence-corrected chi connectivity index (χ2v) is 19.6. The minimum Gasteiger partial charge on any atom is -0.457 e. The van der Waals surface area contributed by atoms with Crippen LogP contribution in [-0.2, 0) is 5.41 Å². The summed E-state index contributed by atoms with van der Waals surface area (Å²) >= 11 is 0. The fourth-order valence-corrected chi connectivity index (χ4v) is 8.58. The Morgan fingerprint density at radius 3 is 2.22 bits per heavy atom. The third kappa shape index (κ3) is 7.25. The van der Waals surface area contributed by atoms with Crippen LogP contribution in [0.2, 0.25) is 0 Å². The summed E-state index contributed by atoms with van der Waals surface area (Å²) in [6, 6.07) is 41.4. The van der Waals surface area contributed by atoms with Crippen molar-refractivity contribution >= 4 is 38.5 Å². The van der Waals surface area contributed by atoms with Gasteiger partial charge in [-0.05, 0) is 112 Å². The zero-order valence-corrected chi connectivity index (χ0v) is 36.3. The van der Waals surface area contributed by atoms with E-state index in [0.717, 1.165) is 56.5 Å². The quantitative estimate of drug-likeness (QED) is 0.157. The van der Waals surface area contributed by atoms with Gasteiger partial charge in [-0.25, -0.2) is 4.98 Å². The van der Waals surface area contributed by atoms with E-state index >= 15 is 0 Å². The van der Waals surface area contributed by atoms with Crippen LogP contribution in [0.1, 0.15) is 84.0 Å². The second kappa shape index (κ2) is 14.5. The van der Waals surface area contributed by atoms with E-state index < -0.39 is 6.85 Å². The van der Waals surface area contributed by atoms with Gasteiger partial charge in [0.25, 0.3) is 6.33 Å². The van der Waals surface area contributed by atoms with Crippen LogP contribution < -0.4 is 9.30 Å². The standard InChI is InChI=1S/C55H57N4O/c1-36-16-14-21-49-52(36)58(43-30-40(54(5,6)7)29-41(31-43)55(8,9)10)35-57(49)42-19-15-20-44(33-42)60-45-23-24-46-47-28-38(37-17-12-11-13-18-37)22-25-48(47)59(50(46)34-45)51-32-39(26-27-56-51)53(2,3)4/h11-30,32-35,41H,31H2,1-10H3/q+1/t41-/m0/s1/i1D3. The molecule has 0 aliphatic heterocycles. The maximum Gasteiger partial charge on any atom is 0.254 e. The van der Waals surface area contributed by atoms with E-state index in [2.05, 4.69) is 161 Å². The molecule has 5 heteroatoms. The largest absolute Gasteiger partial charge is 0.457 e. The van der Waals surface area contributed by atoms with E-state index in [1.807, 2.05) is 54.7 Å². The first-order chi connectivity index (χ1) is 29.7. The minimum absolute atomic E-state index is 0.0168. The summed E-state index contributed by atoms with van der Waals surface area (Å²) in [5.41, 5.74) is 10.5. The number of hydrogen-bond donors (Lipinski definition) is 0. The summed E-state index contributed by atoms with van der Waals surface area (Å²) in [4.78, 5) is 4.92. The highest BCUT2D eigenvalue weighted by atomic mass is 16.5. The Morgan fingerprint density at radius 1 is 0.683 bits per heavy atom. The van der Waals surface area contributed by atoms with Crippen molar-refractivity contribution in [2.24, 2.45) is 16.7 Å². The van der Waals surface area contributed by atoms with Crippen molar-refractivity contribution in [3.63, 3.8) is 0 Å². The van der Waals surface area contributed by atoms with Crippen LogP contribution in [0.5, 0.6) is 11.5 Å². The van der Waals surface area contributed by atoms with Gasteiger partial charge in [0.15, 0.2) is 11.0 Å². The molecular formula is C55H57N4O+. The lowest BCUT2D eigenvalue weighted by molar-refractivity contribution is -0.556. The average Bonchev–Trinajstić information content (AvgIpc) is 3.78. The molecule has 3 aromatic heterocycles. The number of aryl methyl sites for hydroxylation is 1. The first kappa shape index (κ1) is 35.7. The topological polar surface area (TPSA) is 35.9 Å². The number of nitrogens with zero attached hydrogens (tertiary/aromatic N) is 4. The first-order valence-corrected chi connectivity index (χ1v) is 21.1. The van der Waals surface area contributed by atoms with Gasteiger partial charge in [-0.15, -0.1) is 0 Å². The van der Waals surface area contributed by atoms with Crippen molar-refractivity contribution in [1.29, 1.82) is 0 Å². The first-order valence-electron chi connectivity index (χ1n) is 22.6. The fourth-order valence-electron chi connectivity index (χ4n) is 8.58. The third-order valence-electron chi connectivity index (χ3n) is 12.2. The molecule has 0 N–H and O–H groups in total. The van der Waals surface area contributed by atoms with Gasteiger partial charge in [0.2, 0.25) is 0 Å². The Morgan fingerprint density at radius 2 is 1.47 bits per heavy atom. The molecule has 1 aliphatic carbocycles. The molecule has 0 saturated carbocycles. The molecule has 3 heterocycles. The normalized spacial score (nSPS) is 16.1. The summed E-state index contributed by atoms with van der Waals surface area (Å²) in [6.07, 6.45) is 9.44. The fraction of sp³-hybridized carbons (Fsp3) is 0.273. The van der Waals surface area contributed by atoms with Crippen molar-refractivity contribution in [3.8, 4) is 34.1 Å². The molecule has 1 aliphatic rings. The van der Waals surface area contributed by atoms with Gasteiger partial charge in [0, 0.05) is 45.2 Å². The maximum atomic E-state index is 8.62. The van der Waals surface area contributed by atoms with E-state index in [-0.39, 0.29) is 22.2 Å². The molecular weight excluding hydrogens is 733 g/mol. The molecule has 0 bridgehead atoms. The van der Waals surface area contributed by atoms with Gasteiger partial charge < -0.3 is 4.74 Å². The number of allylic oxidation sites excluding steroid dienone is 4.